The molecule has 1 rings (SSSR count). The van der Waals surface area contributed by atoms with Gasteiger partial charge in [-0.05, 0) is 37.5 Å². The van der Waals surface area contributed by atoms with Crippen molar-refractivity contribution in [2.24, 2.45) is 0 Å². The Bertz CT molecular complexity index is 457. The number of unbranched alkanes of at least 4 members (excludes halogenated alkanes) is 3. The number of benzene rings is 1. The van der Waals surface area contributed by atoms with E-state index in [0.717, 1.165) is 31.2 Å². The number of aliphatic hydroxyl groups is 1. The second kappa shape index (κ2) is 7.51. The molecule has 0 aliphatic carbocycles. The summed E-state index contributed by atoms with van der Waals surface area (Å²) in [5.41, 5.74) is 0.931. The maximum absolute atomic E-state index is 11.9. The molecule has 1 aromatic rings. The SMILES string of the molecule is Cc1cccc(S(=O)(=O)NCCCCCCO)c1. The van der Waals surface area contributed by atoms with Crippen molar-refractivity contribution in [1.82, 2.24) is 4.72 Å². The molecule has 102 valence electrons. The van der Waals surface area contributed by atoms with Crippen LogP contribution in [0.3, 0.4) is 0 Å². The molecule has 5 heteroatoms. The smallest absolute Gasteiger partial charge is 0.240 e. The van der Waals surface area contributed by atoms with E-state index in [1.54, 1.807) is 18.2 Å². The van der Waals surface area contributed by atoms with Crippen molar-refractivity contribution in [1.29, 1.82) is 0 Å². The Morgan fingerprint density at radius 2 is 1.89 bits per heavy atom. The highest BCUT2D eigenvalue weighted by Gasteiger charge is 2.12. The second-order valence-electron chi connectivity index (χ2n) is 4.35. The van der Waals surface area contributed by atoms with Crippen LogP contribution < -0.4 is 4.72 Å². The largest absolute Gasteiger partial charge is 0.396 e. The van der Waals surface area contributed by atoms with Crippen molar-refractivity contribution in [3.05, 3.63) is 29.8 Å². The number of hydrogen-bond donors (Lipinski definition) is 2. The first kappa shape index (κ1) is 15.1. The van der Waals surface area contributed by atoms with Crippen LogP contribution in [0.5, 0.6) is 0 Å². The lowest BCUT2D eigenvalue weighted by Gasteiger charge is -2.07. The van der Waals surface area contributed by atoms with Crippen LogP contribution in [0.2, 0.25) is 0 Å². The number of rotatable bonds is 8. The Labute approximate surface area is 109 Å². The molecule has 0 aromatic heterocycles. The van der Waals surface area contributed by atoms with Gasteiger partial charge in [-0.25, -0.2) is 13.1 Å². The van der Waals surface area contributed by atoms with Gasteiger partial charge in [0, 0.05) is 13.2 Å². The summed E-state index contributed by atoms with van der Waals surface area (Å²) in [7, 11) is -3.37. The molecule has 0 amide bonds. The van der Waals surface area contributed by atoms with Gasteiger partial charge in [-0.1, -0.05) is 25.0 Å². The highest BCUT2D eigenvalue weighted by Crippen LogP contribution is 2.10. The van der Waals surface area contributed by atoms with Gasteiger partial charge in [0.05, 0.1) is 4.90 Å². The van der Waals surface area contributed by atoms with Crippen LogP contribution in [0.25, 0.3) is 0 Å². The topological polar surface area (TPSA) is 66.4 Å². The number of nitrogens with one attached hydrogen (secondary N) is 1. The summed E-state index contributed by atoms with van der Waals surface area (Å²) in [5, 5.41) is 8.62. The first-order valence-corrected chi connectivity index (χ1v) is 7.72. The lowest BCUT2D eigenvalue weighted by molar-refractivity contribution is 0.282. The van der Waals surface area contributed by atoms with Gasteiger partial charge < -0.3 is 5.11 Å². The molecule has 0 radical (unpaired) electrons. The zero-order valence-electron chi connectivity index (χ0n) is 10.7. The summed E-state index contributed by atoms with van der Waals surface area (Å²) in [4.78, 5) is 0.317. The monoisotopic (exact) mass is 271 g/mol. The van der Waals surface area contributed by atoms with Gasteiger partial charge in [-0.15, -0.1) is 0 Å². The molecule has 0 spiro atoms. The van der Waals surface area contributed by atoms with E-state index in [1.807, 2.05) is 13.0 Å². The average Bonchev–Trinajstić information content (AvgIpc) is 2.33. The number of aryl methyl sites for hydroxylation is 1. The Morgan fingerprint density at radius 1 is 1.17 bits per heavy atom. The highest BCUT2D eigenvalue weighted by molar-refractivity contribution is 7.89. The molecule has 18 heavy (non-hydrogen) atoms. The Morgan fingerprint density at radius 3 is 2.56 bits per heavy atom. The van der Waals surface area contributed by atoms with E-state index < -0.39 is 10.0 Å². The fourth-order valence-corrected chi connectivity index (χ4v) is 2.84. The van der Waals surface area contributed by atoms with Crippen LogP contribution in [0.15, 0.2) is 29.2 Å². The van der Waals surface area contributed by atoms with Crippen molar-refractivity contribution in [2.75, 3.05) is 13.2 Å². The van der Waals surface area contributed by atoms with E-state index in [0.29, 0.717) is 11.4 Å². The van der Waals surface area contributed by atoms with Gasteiger partial charge in [0.2, 0.25) is 10.0 Å². The number of hydrogen-bond acceptors (Lipinski definition) is 3. The summed E-state index contributed by atoms with van der Waals surface area (Å²) in [5.74, 6) is 0. The molecule has 2 N–H and O–H groups in total. The summed E-state index contributed by atoms with van der Waals surface area (Å²) in [6.07, 6.45) is 3.44. The van der Waals surface area contributed by atoms with Gasteiger partial charge in [-0.2, -0.15) is 0 Å². The first-order chi connectivity index (χ1) is 8.56. The molecule has 0 unspecified atom stereocenters. The fraction of sp³-hybridized carbons (Fsp3) is 0.538. The van der Waals surface area contributed by atoms with Crippen LogP contribution in [0.1, 0.15) is 31.2 Å². The minimum atomic E-state index is -3.37. The van der Waals surface area contributed by atoms with Crippen LogP contribution in [-0.2, 0) is 10.0 Å². The summed E-state index contributed by atoms with van der Waals surface area (Å²) in [6, 6.07) is 6.87. The normalized spacial score (nSPS) is 11.7. The molecular formula is C13H21NO3S. The standard InChI is InChI=1S/C13H21NO3S/c1-12-7-6-8-13(11-12)18(16,17)14-9-4-2-3-5-10-15/h6-8,11,14-15H,2-5,9-10H2,1H3. The Balaban J connectivity index is 2.41. The molecular weight excluding hydrogens is 250 g/mol. The van der Waals surface area contributed by atoms with Gasteiger partial charge in [0.15, 0.2) is 0 Å². The lowest BCUT2D eigenvalue weighted by atomic mass is 10.2. The van der Waals surface area contributed by atoms with Gasteiger partial charge in [0.25, 0.3) is 0 Å². The van der Waals surface area contributed by atoms with Gasteiger partial charge in [0.1, 0.15) is 0 Å². The highest BCUT2D eigenvalue weighted by atomic mass is 32.2. The third-order valence-corrected chi connectivity index (χ3v) is 4.14. The zero-order valence-corrected chi connectivity index (χ0v) is 11.5. The molecule has 0 saturated heterocycles. The number of sulfonamides is 1. The third-order valence-electron chi connectivity index (χ3n) is 2.68. The molecule has 0 aliphatic rings. The van der Waals surface area contributed by atoms with E-state index in [9.17, 15) is 8.42 Å². The number of aliphatic hydroxyl groups excluding tert-OH is 1. The maximum Gasteiger partial charge on any atom is 0.240 e. The van der Waals surface area contributed by atoms with E-state index >= 15 is 0 Å². The molecule has 0 saturated carbocycles. The van der Waals surface area contributed by atoms with Crippen LogP contribution in [-0.4, -0.2) is 26.7 Å². The van der Waals surface area contributed by atoms with Crippen molar-refractivity contribution < 1.29 is 13.5 Å². The fourth-order valence-electron chi connectivity index (χ4n) is 1.66. The average molecular weight is 271 g/mol. The Kier molecular flexibility index (Phi) is 6.32. The van der Waals surface area contributed by atoms with Gasteiger partial charge in [-0.3, -0.25) is 0 Å². The predicted molar refractivity (Wildman–Crippen MR) is 71.9 cm³/mol. The van der Waals surface area contributed by atoms with Gasteiger partial charge >= 0.3 is 0 Å². The van der Waals surface area contributed by atoms with E-state index in [2.05, 4.69) is 4.72 Å². The van der Waals surface area contributed by atoms with E-state index in [-0.39, 0.29) is 6.61 Å². The maximum atomic E-state index is 11.9. The molecule has 0 bridgehead atoms. The summed E-state index contributed by atoms with van der Waals surface area (Å²) < 4.78 is 26.4. The van der Waals surface area contributed by atoms with E-state index in [1.165, 1.54) is 0 Å². The van der Waals surface area contributed by atoms with Crippen LogP contribution in [0.4, 0.5) is 0 Å². The molecule has 0 heterocycles. The van der Waals surface area contributed by atoms with Crippen molar-refractivity contribution >= 4 is 10.0 Å². The Hall–Kier alpha value is -0.910. The zero-order chi connectivity index (χ0) is 13.4. The summed E-state index contributed by atoms with van der Waals surface area (Å²) in [6.45, 7) is 2.52. The predicted octanol–water partition coefficient (Wildman–Crippen LogP) is 1.83. The minimum absolute atomic E-state index is 0.203. The molecule has 0 fully saturated rings. The van der Waals surface area contributed by atoms with Crippen LogP contribution in [0, 0.1) is 6.92 Å². The van der Waals surface area contributed by atoms with Crippen LogP contribution >= 0.6 is 0 Å². The van der Waals surface area contributed by atoms with Crippen molar-refractivity contribution in [2.45, 2.75) is 37.5 Å². The molecule has 0 atom stereocenters. The minimum Gasteiger partial charge on any atom is -0.396 e. The van der Waals surface area contributed by atoms with Crippen molar-refractivity contribution in [3.8, 4) is 0 Å². The molecule has 1 aromatic carbocycles. The first-order valence-electron chi connectivity index (χ1n) is 6.23. The van der Waals surface area contributed by atoms with E-state index in [4.69, 9.17) is 5.11 Å². The van der Waals surface area contributed by atoms with Crippen molar-refractivity contribution in [3.63, 3.8) is 0 Å². The summed E-state index contributed by atoms with van der Waals surface area (Å²) >= 11 is 0. The molecule has 4 nitrogen and oxygen atoms in total. The second-order valence-corrected chi connectivity index (χ2v) is 6.12. The quantitative estimate of drug-likeness (QED) is 0.709. The molecule has 0 aliphatic heterocycles. The third kappa shape index (κ3) is 5.16. The lowest BCUT2D eigenvalue weighted by Crippen LogP contribution is -2.24.